The van der Waals surface area contributed by atoms with Crippen LogP contribution in [0, 0.1) is 5.82 Å². The third-order valence-electron chi connectivity index (χ3n) is 2.34. The van der Waals surface area contributed by atoms with Crippen LogP contribution in [0.5, 0.6) is 0 Å². The molecule has 0 aliphatic heterocycles. The summed E-state index contributed by atoms with van der Waals surface area (Å²) in [4.78, 5) is 11.7. The first-order valence-corrected chi connectivity index (χ1v) is 6.78. The number of esters is 1. The van der Waals surface area contributed by atoms with E-state index >= 15 is 0 Å². The van der Waals surface area contributed by atoms with Crippen LogP contribution in [-0.2, 0) is 23.1 Å². The molecule has 19 heavy (non-hydrogen) atoms. The summed E-state index contributed by atoms with van der Waals surface area (Å²) in [6, 6.07) is 5.28. The number of hydrogen-bond donors (Lipinski definition) is 0. The predicted octanol–water partition coefficient (Wildman–Crippen LogP) is 2.83. The quantitative estimate of drug-likeness (QED) is 0.473. The van der Waals surface area contributed by atoms with E-state index in [1.807, 2.05) is 0 Å². The summed E-state index contributed by atoms with van der Waals surface area (Å²) in [6.45, 7) is 0. The Morgan fingerprint density at radius 3 is 2.11 bits per heavy atom. The number of methoxy groups -OCH3 is 1. The highest BCUT2D eigenvalue weighted by atomic mass is 31.2. The second-order valence-corrected chi connectivity index (χ2v) is 5.64. The minimum Gasteiger partial charge on any atom is -0.465 e. The molecule has 0 spiro atoms. The minimum absolute atomic E-state index is 0.258. The highest BCUT2D eigenvalue weighted by Crippen LogP contribution is 2.55. The standard InChI is InChI=1S/C12H14FO5P/c1-16-12(14)11(19(15,17-2)18-3)8-9-4-6-10(13)7-5-9/h4-8H,1-3H3/b11-8+. The van der Waals surface area contributed by atoms with Crippen LogP contribution in [0.3, 0.4) is 0 Å². The Hall–Kier alpha value is -1.49. The van der Waals surface area contributed by atoms with Gasteiger partial charge < -0.3 is 13.8 Å². The number of rotatable bonds is 5. The molecular weight excluding hydrogens is 274 g/mol. The summed E-state index contributed by atoms with van der Waals surface area (Å²) < 4.78 is 39.1. The van der Waals surface area contributed by atoms with E-state index in [0.717, 1.165) is 21.3 Å². The Balaban J connectivity index is 3.28. The molecule has 0 atom stereocenters. The summed E-state index contributed by atoms with van der Waals surface area (Å²) in [5.41, 5.74) is 0.469. The molecule has 1 aromatic carbocycles. The van der Waals surface area contributed by atoms with E-state index in [-0.39, 0.29) is 5.31 Å². The topological polar surface area (TPSA) is 61.8 Å². The molecule has 0 aliphatic rings. The van der Waals surface area contributed by atoms with Gasteiger partial charge in [-0.05, 0) is 23.8 Å². The van der Waals surface area contributed by atoms with E-state index < -0.39 is 19.4 Å². The van der Waals surface area contributed by atoms with Crippen LogP contribution in [0.1, 0.15) is 5.56 Å². The largest absolute Gasteiger partial charge is 0.465 e. The molecular formula is C12H14FO5P. The fourth-order valence-corrected chi connectivity index (χ4v) is 2.51. The Labute approximate surface area is 110 Å². The van der Waals surface area contributed by atoms with Crippen molar-refractivity contribution >= 4 is 19.6 Å². The highest BCUT2D eigenvalue weighted by Gasteiger charge is 2.34. The van der Waals surface area contributed by atoms with Crippen molar-refractivity contribution in [2.75, 3.05) is 21.3 Å². The summed E-state index contributed by atoms with van der Waals surface area (Å²) in [6.07, 6.45) is 1.28. The Kier molecular flexibility index (Phi) is 5.42. The van der Waals surface area contributed by atoms with Crippen molar-refractivity contribution in [2.24, 2.45) is 0 Å². The summed E-state index contributed by atoms with van der Waals surface area (Å²) in [5, 5.41) is -0.258. The molecule has 0 saturated carbocycles. The van der Waals surface area contributed by atoms with Crippen molar-refractivity contribution in [1.29, 1.82) is 0 Å². The van der Waals surface area contributed by atoms with Gasteiger partial charge in [0, 0.05) is 14.2 Å². The zero-order chi connectivity index (χ0) is 14.5. The second-order valence-electron chi connectivity index (χ2n) is 3.44. The number of halogens is 1. The van der Waals surface area contributed by atoms with Crippen molar-refractivity contribution in [2.45, 2.75) is 0 Å². The van der Waals surface area contributed by atoms with E-state index in [9.17, 15) is 13.8 Å². The van der Waals surface area contributed by atoms with Crippen molar-refractivity contribution in [3.8, 4) is 0 Å². The first-order valence-electron chi connectivity index (χ1n) is 5.24. The van der Waals surface area contributed by atoms with Crippen molar-refractivity contribution in [3.05, 3.63) is 41.0 Å². The molecule has 104 valence electrons. The number of ether oxygens (including phenoxy) is 1. The lowest BCUT2D eigenvalue weighted by atomic mass is 10.2. The van der Waals surface area contributed by atoms with Gasteiger partial charge in [-0.2, -0.15) is 0 Å². The zero-order valence-electron chi connectivity index (χ0n) is 10.8. The van der Waals surface area contributed by atoms with Gasteiger partial charge >= 0.3 is 13.6 Å². The molecule has 0 radical (unpaired) electrons. The van der Waals surface area contributed by atoms with Gasteiger partial charge in [0.05, 0.1) is 7.11 Å². The molecule has 0 bridgehead atoms. The number of carbonyl (C=O) groups excluding carboxylic acids is 1. The predicted molar refractivity (Wildman–Crippen MR) is 68.0 cm³/mol. The van der Waals surface area contributed by atoms with Gasteiger partial charge in [-0.3, -0.25) is 4.57 Å². The molecule has 0 amide bonds. The van der Waals surface area contributed by atoms with Crippen molar-refractivity contribution in [1.82, 2.24) is 0 Å². The molecule has 0 fully saturated rings. The molecule has 0 unspecified atom stereocenters. The smallest absolute Gasteiger partial charge is 0.368 e. The highest BCUT2D eigenvalue weighted by molar-refractivity contribution is 7.60. The van der Waals surface area contributed by atoms with Crippen LogP contribution in [0.15, 0.2) is 29.6 Å². The second kappa shape index (κ2) is 6.61. The Bertz CT molecular complexity index is 515. The van der Waals surface area contributed by atoms with Crippen LogP contribution >= 0.6 is 7.60 Å². The lowest BCUT2D eigenvalue weighted by molar-refractivity contribution is -0.135. The average Bonchev–Trinajstić information content (AvgIpc) is 2.45. The van der Waals surface area contributed by atoms with Crippen molar-refractivity contribution < 1.29 is 27.5 Å². The maximum absolute atomic E-state index is 12.8. The monoisotopic (exact) mass is 288 g/mol. The molecule has 0 heterocycles. The fraction of sp³-hybridized carbons (Fsp3) is 0.250. The molecule has 0 N–H and O–H groups in total. The molecule has 1 aromatic rings. The normalized spacial score (nSPS) is 12.3. The van der Waals surface area contributed by atoms with Gasteiger partial charge in [-0.15, -0.1) is 0 Å². The molecule has 1 rings (SSSR count). The number of benzene rings is 1. The van der Waals surface area contributed by atoms with Crippen LogP contribution in [-0.4, -0.2) is 27.3 Å². The van der Waals surface area contributed by atoms with Gasteiger partial charge in [0.2, 0.25) is 0 Å². The van der Waals surface area contributed by atoms with Crippen LogP contribution < -0.4 is 0 Å². The molecule has 7 heteroatoms. The first-order chi connectivity index (χ1) is 8.96. The van der Waals surface area contributed by atoms with E-state index in [1.54, 1.807) is 0 Å². The van der Waals surface area contributed by atoms with E-state index in [2.05, 4.69) is 4.74 Å². The molecule has 0 aliphatic carbocycles. The fourth-order valence-electron chi connectivity index (χ4n) is 1.34. The number of hydrogen-bond acceptors (Lipinski definition) is 5. The van der Waals surface area contributed by atoms with Gasteiger partial charge in [0.1, 0.15) is 11.1 Å². The van der Waals surface area contributed by atoms with Crippen LogP contribution in [0.2, 0.25) is 0 Å². The van der Waals surface area contributed by atoms with Gasteiger partial charge in [0.25, 0.3) is 0 Å². The number of carbonyl (C=O) groups is 1. The summed E-state index contributed by atoms with van der Waals surface area (Å²) >= 11 is 0. The van der Waals surface area contributed by atoms with Crippen LogP contribution in [0.4, 0.5) is 4.39 Å². The lowest BCUT2D eigenvalue weighted by Crippen LogP contribution is -2.07. The lowest BCUT2D eigenvalue weighted by Gasteiger charge is -2.15. The van der Waals surface area contributed by atoms with E-state index in [4.69, 9.17) is 9.05 Å². The third-order valence-corrected chi connectivity index (χ3v) is 4.21. The molecule has 0 saturated heterocycles. The van der Waals surface area contributed by atoms with Crippen molar-refractivity contribution in [3.63, 3.8) is 0 Å². The Morgan fingerprint density at radius 1 is 1.16 bits per heavy atom. The van der Waals surface area contributed by atoms with Gasteiger partial charge in [-0.25, -0.2) is 9.18 Å². The zero-order valence-corrected chi connectivity index (χ0v) is 11.6. The minimum atomic E-state index is -3.75. The maximum Gasteiger partial charge on any atom is 0.368 e. The maximum atomic E-state index is 12.8. The van der Waals surface area contributed by atoms with E-state index in [0.29, 0.717) is 5.56 Å². The van der Waals surface area contributed by atoms with Gasteiger partial charge in [-0.1, -0.05) is 12.1 Å². The van der Waals surface area contributed by atoms with Crippen LogP contribution in [0.25, 0.3) is 6.08 Å². The van der Waals surface area contributed by atoms with Gasteiger partial charge in [0.15, 0.2) is 0 Å². The average molecular weight is 288 g/mol. The molecule has 5 nitrogen and oxygen atoms in total. The third kappa shape index (κ3) is 3.73. The summed E-state index contributed by atoms with van der Waals surface area (Å²) in [5.74, 6) is -1.25. The Morgan fingerprint density at radius 2 is 1.68 bits per heavy atom. The molecule has 0 aromatic heterocycles. The first kappa shape index (κ1) is 15.6. The summed E-state index contributed by atoms with van der Waals surface area (Å²) in [7, 11) is -0.282. The SMILES string of the molecule is COC(=O)/C(=C\c1ccc(F)cc1)P(=O)(OC)OC. The van der Waals surface area contributed by atoms with E-state index in [1.165, 1.54) is 30.3 Å².